The van der Waals surface area contributed by atoms with Crippen LogP contribution in [0.1, 0.15) is 11.1 Å². The molecule has 0 fully saturated rings. The number of H-pyrrole nitrogens is 1. The summed E-state index contributed by atoms with van der Waals surface area (Å²) in [5, 5.41) is 15.3. The van der Waals surface area contributed by atoms with Crippen molar-refractivity contribution < 1.29 is 14.5 Å². The number of carbonyl (C=O) groups is 1. The summed E-state index contributed by atoms with van der Waals surface area (Å²) >= 11 is 0. The zero-order valence-corrected chi connectivity index (χ0v) is 15.1. The number of hydrogen-bond donors (Lipinski definition) is 2. The molecule has 0 bridgehead atoms. The Bertz CT molecular complexity index is 1270. The quantitative estimate of drug-likeness (QED) is 0.236. The van der Waals surface area contributed by atoms with E-state index in [2.05, 4.69) is 10.3 Å². The van der Waals surface area contributed by atoms with Gasteiger partial charge in [0.2, 0.25) is 0 Å². The van der Waals surface area contributed by atoms with Crippen molar-refractivity contribution in [1.29, 1.82) is 0 Å². The standard InChI is InChI=1S/C22H15N3O4/c26-21-22(14-6-2-1-3-7-14,17-13-23-18-9-5-4-8-16(17)18)24-19-11-10-15(25(27)28)12-20(19)29-21/h1-13,23-24H/t22-/m1/s1. The molecule has 0 radical (unpaired) electrons. The van der Waals surface area contributed by atoms with E-state index < -0.39 is 16.4 Å². The summed E-state index contributed by atoms with van der Waals surface area (Å²) in [6.07, 6.45) is 1.79. The topological polar surface area (TPSA) is 97.3 Å². The highest BCUT2D eigenvalue weighted by molar-refractivity contribution is 6.01. The molecule has 7 nitrogen and oxygen atoms in total. The minimum atomic E-state index is -1.30. The highest BCUT2D eigenvalue weighted by Gasteiger charge is 2.49. The maximum absolute atomic E-state index is 13.4. The average Bonchev–Trinajstić information content (AvgIpc) is 3.18. The van der Waals surface area contributed by atoms with E-state index in [-0.39, 0.29) is 11.4 Å². The third kappa shape index (κ3) is 2.48. The van der Waals surface area contributed by atoms with Gasteiger partial charge in [-0.1, -0.05) is 48.5 Å². The Labute approximate surface area is 165 Å². The van der Waals surface area contributed by atoms with Crippen LogP contribution >= 0.6 is 0 Å². The van der Waals surface area contributed by atoms with Crippen molar-refractivity contribution in [3.8, 4) is 5.75 Å². The number of aromatic nitrogens is 1. The third-order valence-electron chi connectivity index (χ3n) is 5.21. The van der Waals surface area contributed by atoms with Crippen LogP contribution in [0.5, 0.6) is 5.75 Å². The maximum atomic E-state index is 13.4. The van der Waals surface area contributed by atoms with Crippen LogP contribution in [0.3, 0.4) is 0 Å². The van der Waals surface area contributed by atoms with Crippen LogP contribution in [0, 0.1) is 10.1 Å². The van der Waals surface area contributed by atoms with Gasteiger partial charge in [-0.15, -0.1) is 0 Å². The number of rotatable bonds is 3. The average molecular weight is 385 g/mol. The molecular weight excluding hydrogens is 370 g/mol. The van der Waals surface area contributed by atoms with Crippen molar-refractivity contribution in [1.82, 2.24) is 4.98 Å². The molecule has 0 saturated heterocycles. The molecule has 1 atom stereocenters. The number of fused-ring (bicyclic) bond motifs is 2. The minimum Gasteiger partial charge on any atom is -0.422 e. The minimum absolute atomic E-state index is 0.135. The molecule has 0 unspecified atom stereocenters. The first-order valence-corrected chi connectivity index (χ1v) is 9.00. The Morgan fingerprint density at radius 1 is 0.966 bits per heavy atom. The van der Waals surface area contributed by atoms with Gasteiger partial charge >= 0.3 is 5.97 Å². The number of nitrogens with one attached hydrogen (secondary N) is 2. The molecular formula is C22H15N3O4. The molecule has 0 spiro atoms. The van der Waals surface area contributed by atoms with Gasteiger partial charge in [0.15, 0.2) is 11.3 Å². The smallest absolute Gasteiger partial charge is 0.346 e. The number of nitro benzene ring substituents is 1. The Kier molecular flexibility index (Phi) is 3.64. The Hall–Kier alpha value is -4.13. The molecule has 2 heterocycles. The molecule has 1 aliphatic rings. The van der Waals surface area contributed by atoms with Crippen LogP contribution in [-0.2, 0) is 10.3 Å². The van der Waals surface area contributed by atoms with Gasteiger partial charge in [0.25, 0.3) is 5.69 Å². The number of hydrogen-bond acceptors (Lipinski definition) is 5. The first-order valence-electron chi connectivity index (χ1n) is 9.00. The second kappa shape index (κ2) is 6.20. The Morgan fingerprint density at radius 2 is 1.72 bits per heavy atom. The molecule has 7 heteroatoms. The molecule has 29 heavy (non-hydrogen) atoms. The number of ether oxygens (including phenoxy) is 1. The van der Waals surface area contributed by atoms with Crippen LogP contribution in [0.2, 0.25) is 0 Å². The summed E-state index contributed by atoms with van der Waals surface area (Å²) in [4.78, 5) is 27.2. The first-order chi connectivity index (χ1) is 14.1. The predicted molar refractivity (Wildman–Crippen MR) is 108 cm³/mol. The normalized spacial score (nSPS) is 18.0. The lowest BCUT2D eigenvalue weighted by Crippen LogP contribution is -2.49. The Balaban J connectivity index is 1.76. The van der Waals surface area contributed by atoms with Crippen molar-refractivity contribution in [3.63, 3.8) is 0 Å². The number of nitrogens with zero attached hydrogens (tertiary/aromatic N) is 1. The summed E-state index contributed by atoms with van der Waals surface area (Å²) < 4.78 is 5.65. The summed E-state index contributed by atoms with van der Waals surface area (Å²) in [5.74, 6) is -0.419. The zero-order valence-electron chi connectivity index (χ0n) is 15.1. The van der Waals surface area contributed by atoms with Gasteiger partial charge < -0.3 is 15.0 Å². The summed E-state index contributed by atoms with van der Waals surface area (Å²) in [6.45, 7) is 0. The van der Waals surface area contributed by atoms with Gasteiger partial charge in [-0.2, -0.15) is 0 Å². The van der Waals surface area contributed by atoms with Crippen molar-refractivity contribution in [3.05, 3.63) is 100 Å². The molecule has 0 aliphatic carbocycles. The number of anilines is 1. The van der Waals surface area contributed by atoms with Gasteiger partial charge in [0.1, 0.15) is 0 Å². The second-order valence-electron chi connectivity index (χ2n) is 6.82. The monoisotopic (exact) mass is 385 g/mol. The number of aromatic amines is 1. The fourth-order valence-corrected chi connectivity index (χ4v) is 3.83. The van der Waals surface area contributed by atoms with Crippen LogP contribution in [0.4, 0.5) is 11.4 Å². The molecule has 142 valence electrons. The van der Waals surface area contributed by atoms with E-state index in [4.69, 9.17) is 4.74 Å². The largest absolute Gasteiger partial charge is 0.422 e. The molecule has 4 aromatic rings. The third-order valence-corrected chi connectivity index (χ3v) is 5.21. The lowest BCUT2D eigenvalue weighted by Gasteiger charge is -2.37. The molecule has 2 N–H and O–H groups in total. The second-order valence-corrected chi connectivity index (χ2v) is 6.82. The predicted octanol–water partition coefficient (Wildman–Crippen LogP) is 4.35. The van der Waals surface area contributed by atoms with Gasteiger partial charge in [-0.25, -0.2) is 4.79 Å². The van der Waals surface area contributed by atoms with E-state index in [0.29, 0.717) is 16.8 Å². The fourth-order valence-electron chi connectivity index (χ4n) is 3.83. The molecule has 0 saturated carbocycles. The number of nitro groups is 1. The van der Waals surface area contributed by atoms with E-state index in [1.165, 1.54) is 12.1 Å². The van der Waals surface area contributed by atoms with Crippen molar-refractivity contribution in [2.45, 2.75) is 5.54 Å². The van der Waals surface area contributed by atoms with Gasteiger partial charge in [-0.3, -0.25) is 10.1 Å². The molecule has 1 aliphatic heterocycles. The van der Waals surface area contributed by atoms with E-state index in [1.54, 1.807) is 12.3 Å². The van der Waals surface area contributed by atoms with E-state index in [1.807, 2.05) is 54.6 Å². The molecule has 0 amide bonds. The van der Waals surface area contributed by atoms with Gasteiger partial charge in [-0.05, 0) is 17.7 Å². The highest BCUT2D eigenvalue weighted by atomic mass is 16.6. The summed E-state index contributed by atoms with van der Waals surface area (Å²) in [6, 6.07) is 21.2. The SMILES string of the molecule is O=C1Oc2cc([N+](=O)[O-])ccc2N[C@]1(c1ccccc1)c1c[nH]c2ccccc12. The highest BCUT2D eigenvalue weighted by Crippen LogP contribution is 2.45. The number of para-hydroxylation sites is 1. The lowest BCUT2D eigenvalue weighted by atomic mass is 9.81. The van der Waals surface area contributed by atoms with Crippen molar-refractivity contribution >= 4 is 28.2 Å². The number of carbonyl (C=O) groups excluding carboxylic acids is 1. The number of non-ortho nitro benzene ring substituents is 1. The van der Waals surface area contributed by atoms with Crippen molar-refractivity contribution in [2.75, 3.05) is 5.32 Å². The van der Waals surface area contributed by atoms with Crippen LogP contribution in [0.15, 0.2) is 79.0 Å². The van der Waals surface area contributed by atoms with Crippen molar-refractivity contribution in [2.24, 2.45) is 0 Å². The lowest BCUT2D eigenvalue weighted by molar-refractivity contribution is -0.384. The molecule has 1 aromatic heterocycles. The fraction of sp³-hybridized carbons (Fsp3) is 0.0455. The Morgan fingerprint density at radius 3 is 2.52 bits per heavy atom. The van der Waals surface area contributed by atoms with E-state index in [9.17, 15) is 14.9 Å². The maximum Gasteiger partial charge on any atom is 0.346 e. The summed E-state index contributed by atoms with van der Waals surface area (Å²) in [5.41, 5.74) is 1.38. The van der Waals surface area contributed by atoms with Gasteiger partial charge in [0.05, 0.1) is 16.7 Å². The first kappa shape index (κ1) is 17.0. The number of benzene rings is 3. The molecule has 5 rings (SSSR count). The van der Waals surface area contributed by atoms with E-state index in [0.717, 1.165) is 10.9 Å². The van der Waals surface area contributed by atoms with E-state index >= 15 is 0 Å². The van der Waals surface area contributed by atoms with Crippen LogP contribution < -0.4 is 10.1 Å². The summed E-state index contributed by atoms with van der Waals surface area (Å²) in [7, 11) is 0. The van der Waals surface area contributed by atoms with Crippen LogP contribution in [0.25, 0.3) is 10.9 Å². The zero-order chi connectivity index (χ0) is 20.0. The van der Waals surface area contributed by atoms with Gasteiger partial charge in [0, 0.05) is 28.7 Å². The number of esters is 1. The molecule has 3 aromatic carbocycles. The van der Waals surface area contributed by atoms with Crippen LogP contribution in [-0.4, -0.2) is 15.9 Å².